The van der Waals surface area contributed by atoms with Crippen LogP contribution in [0.25, 0.3) is 0 Å². The SMILES string of the molecule is C#C[Si](C)(C)C.C#Cc1cccc(S(C)(=O)=O)c1.CO.CS(=O)(=O)c1cccc(Br)c1.C[Si](C)(C)C#Cc1cccc(S(C)(=O)=O)c1.O=CO[O-].[H-].[K+].[K+]. The zero-order valence-corrected chi connectivity index (χ0v) is 44.7. The number of benzene rings is 3. The fourth-order valence-electron chi connectivity index (χ4n) is 2.58. The molecule has 0 aliphatic rings. The largest absolute Gasteiger partial charge is 1.00 e. The molecule has 0 bridgehead atoms. The molecule has 3 rings (SSSR count). The summed E-state index contributed by atoms with van der Waals surface area (Å²) in [4.78, 5) is 12.2. The normalized spacial score (nSPS) is 10.0. The van der Waals surface area contributed by atoms with Crippen LogP contribution in [0.5, 0.6) is 0 Å². The van der Waals surface area contributed by atoms with E-state index in [1.165, 1.54) is 24.6 Å². The van der Waals surface area contributed by atoms with E-state index in [2.05, 4.69) is 83.0 Å². The number of carbonyl (C=O) groups excluding carboxylic acids is 1. The first-order valence-corrected chi connectivity index (χ1v) is 27.9. The monoisotopic (exact) mass is 936 g/mol. The predicted molar refractivity (Wildman–Crippen MR) is 213 cm³/mol. The number of carbonyl (C=O) groups is 1. The van der Waals surface area contributed by atoms with Gasteiger partial charge in [0.05, 0.1) is 14.7 Å². The number of hydrogen-bond donors (Lipinski definition) is 1. The summed E-state index contributed by atoms with van der Waals surface area (Å²) in [5.74, 6) is 5.42. The van der Waals surface area contributed by atoms with E-state index in [0.29, 0.717) is 15.4 Å². The molecule has 0 aromatic heterocycles. The van der Waals surface area contributed by atoms with E-state index in [-0.39, 0.29) is 116 Å². The van der Waals surface area contributed by atoms with Gasteiger partial charge >= 0.3 is 103 Å². The molecule has 0 radical (unpaired) electrons. The first kappa shape index (κ1) is 62.0. The first-order valence-electron chi connectivity index (χ1n) is 14.4. The second-order valence-electron chi connectivity index (χ2n) is 12.1. The van der Waals surface area contributed by atoms with E-state index in [9.17, 15) is 25.3 Å². The van der Waals surface area contributed by atoms with Crippen molar-refractivity contribution in [1.29, 1.82) is 0 Å². The molecule has 3 aromatic rings. The van der Waals surface area contributed by atoms with Crippen molar-refractivity contribution in [3.8, 4) is 35.8 Å². The Balaban J connectivity index is -0.000000138. The van der Waals surface area contributed by atoms with Crippen molar-refractivity contribution in [2.24, 2.45) is 0 Å². The third kappa shape index (κ3) is 35.9. The van der Waals surface area contributed by atoms with Crippen LogP contribution in [-0.2, 0) is 39.2 Å². The van der Waals surface area contributed by atoms with Crippen LogP contribution in [0.15, 0.2) is 92.0 Å². The molecule has 1 N–H and O–H groups in total. The van der Waals surface area contributed by atoms with Crippen molar-refractivity contribution in [3.63, 3.8) is 0 Å². The summed E-state index contributed by atoms with van der Waals surface area (Å²) < 4.78 is 67.5. The summed E-state index contributed by atoms with van der Waals surface area (Å²) in [6, 6.07) is 19.7. The van der Waals surface area contributed by atoms with E-state index >= 15 is 0 Å². The summed E-state index contributed by atoms with van der Waals surface area (Å²) in [7, 11) is -10.8. The van der Waals surface area contributed by atoms with Crippen molar-refractivity contribution in [2.75, 3.05) is 25.9 Å². The van der Waals surface area contributed by atoms with Gasteiger partial charge < -0.3 is 16.7 Å². The van der Waals surface area contributed by atoms with Gasteiger partial charge in [-0.3, -0.25) is 4.79 Å². The molecule has 0 saturated carbocycles. The molecule has 0 aliphatic carbocycles. The average molecular weight is 938 g/mol. The minimum Gasteiger partial charge on any atom is -1.00 e. The van der Waals surface area contributed by atoms with Gasteiger partial charge in [-0.25, -0.2) is 25.3 Å². The van der Waals surface area contributed by atoms with E-state index in [1.54, 1.807) is 54.6 Å². The standard InChI is InChI=1S/C12H16O2SSi.C9H8O2S.C7H7BrO2S.C5H10Si.CH2O3.CH4O.2K.H/c1-15(13,14)12-7-5-6-11(10-12)8-9-16(2,3)4;1-3-8-5-4-6-9(7-8)12(2,10)11;1-11(9,10)7-4-2-3-6(8)5-7;1-5-6(2,3)4;2-1-4-3;1-2;;;/h5-7,10H,1-4H3;1,4-7H,2H3;2-5H,1H3;1H,2-4H3;1,3H;2H,1H3;;;/q;;;;;;2*+1;-1/p-1. The van der Waals surface area contributed by atoms with E-state index in [4.69, 9.17) is 28.0 Å². The van der Waals surface area contributed by atoms with Crippen molar-refractivity contribution in [3.05, 3.63) is 88.4 Å². The first-order chi connectivity index (χ1) is 23.2. The molecule has 3 aromatic carbocycles. The second kappa shape index (κ2) is 30.8. The molecule has 0 heterocycles. The molecule has 10 nitrogen and oxygen atoms in total. The molecule has 282 valence electrons. The number of aliphatic hydroxyl groups is 1. The third-order valence-corrected chi connectivity index (χ3v) is 10.5. The van der Waals surface area contributed by atoms with Crippen LogP contribution in [0.2, 0.25) is 39.3 Å². The van der Waals surface area contributed by atoms with E-state index in [1.807, 2.05) is 6.07 Å². The number of halogens is 1. The number of terminal acetylenes is 2. The zero-order valence-electron chi connectivity index (χ0n) is 33.4. The summed E-state index contributed by atoms with van der Waals surface area (Å²) >= 11 is 3.19. The Morgan fingerprint density at radius 1 is 0.698 bits per heavy atom. The van der Waals surface area contributed by atoms with E-state index < -0.39 is 45.7 Å². The van der Waals surface area contributed by atoms with Gasteiger partial charge in [0.2, 0.25) is 0 Å². The fourth-order valence-corrected chi connectivity index (χ4v) is 5.65. The minimum atomic E-state index is -3.14. The Kier molecular flexibility index (Phi) is 36.1. The molecule has 0 amide bonds. The molecule has 53 heavy (non-hydrogen) atoms. The number of aliphatic hydroxyl groups excluding tert-OH is 1. The van der Waals surface area contributed by atoms with Gasteiger partial charge in [-0.2, -0.15) is 0 Å². The Bertz CT molecular complexity index is 2030. The van der Waals surface area contributed by atoms with Crippen LogP contribution in [0.1, 0.15) is 12.6 Å². The summed E-state index contributed by atoms with van der Waals surface area (Å²) in [5, 5.41) is 15.4. The predicted octanol–water partition coefficient (Wildman–Crippen LogP) is -1.10. The zero-order chi connectivity index (χ0) is 40.7. The van der Waals surface area contributed by atoms with Crippen LogP contribution in [0, 0.1) is 35.8 Å². The maximum Gasteiger partial charge on any atom is 1.00 e. The summed E-state index contributed by atoms with van der Waals surface area (Å²) in [6.45, 7) is 12.7. The van der Waals surface area contributed by atoms with Crippen LogP contribution in [0.4, 0.5) is 0 Å². The van der Waals surface area contributed by atoms with Crippen LogP contribution < -0.4 is 108 Å². The van der Waals surface area contributed by atoms with E-state index in [0.717, 1.165) is 23.4 Å². The maximum atomic E-state index is 11.3. The van der Waals surface area contributed by atoms with Crippen molar-refractivity contribution in [2.45, 2.75) is 54.0 Å². The molecule has 0 fully saturated rings. The maximum absolute atomic E-state index is 11.3. The quantitative estimate of drug-likeness (QED) is 0.112. The molecule has 0 spiro atoms. The fraction of sp³-hybridized carbons (Fsp3) is 0.286. The molecular formula is C35H47BrK2O10S3Si2. The van der Waals surface area contributed by atoms with Crippen LogP contribution >= 0.6 is 15.9 Å². The Morgan fingerprint density at radius 2 is 1.02 bits per heavy atom. The van der Waals surface area contributed by atoms with Gasteiger partial charge in [0, 0.05) is 41.5 Å². The second-order valence-corrected chi connectivity index (χ2v) is 28.6. The van der Waals surface area contributed by atoms with Crippen molar-refractivity contribution >= 4 is 68.1 Å². The Hall–Kier alpha value is -0.234. The molecule has 0 unspecified atom stereocenters. The molecule has 0 aliphatic heterocycles. The molecule has 0 saturated heterocycles. The van der Waals surface area contributed by atoms with Gasteiger partial charge in [-0.15, -0.1) is 23.9 Å². The number of rotatable bonds is 4. The number of hydrogen-bond acceptors (Lipinski definition) is 10. The summed E-state index contributed by atoms with van der Waals surface area (Å²) in [5.41, 5.74) is 7.30. The van der Waals surface area contributed by atoms with Crippen LogP contribution in [-0.4, -0.2) is 78.9 Å². The average Bonchev–Trinajstić information content (AvgIpc) is 3.04. The van der Waals surface area contributed by atoms with Gasteiger partial charge in [0.15, 0.2) is 29.5 Å². The van der Waals surface area contributed by atoms with Gasteiger partial charge in [0.25, 0.3) is 6.47 Å². The Morgan fingerprint density at radius 3 is 1.28 bits per heavy atom. The smallest absolute Gasteiger partial charge is 1.00 e. The van der Waals surface area contributed by atoms with Crippen molar-refractivity contribution in [1.82, 2.24) is 0 Å². The number of sulfone groups is 3. The molecule has 0 atom stereocenters. The Labute approximate surface area is 414 Å². The van der Waals surface area contributed by atoms with Gasteiger partial charge in [-0.05, 0) is 54.6 Å². The molecule has 18 heteroatoms. The van der Waals surface area contributed by atoms with Crippen LogP contribution in [0.3, 0.4) is 0 Å². The van der Waals surface area contributed by atoms with Crippen molar-refractivity contribution < 1.29 is 149 Å². The summed E-state index contributed by atoms with van der Waals surface area (Å²) in [6.07, 6.45) is 13.8. The van der Waals surface area contributed by atoms with Gasteiger partial charge in [-0.1, -0.05) is 85.3 Å². The minimum absolute atomic E-state index is 0. The third-order valence-electron chi connectivity index (χ3n) is 4.97. The van der Waals surface area contributed by atoms with Gasteiger partial charge in [0.1, 0.15) is 16.1 Å². The molecular weight excluding hydrogens is 891 g/mol. The topological polar surface area (TPSA) is 172 Å².